The molecule has 1 aliphatic rings. The number of carbonyl (C=O) groups excluding carboxylic acids is 1. The Bertz CT molecular complexity index is 422. The van der Waals surface area contributed by atoms with Gasteiger partial charge in [-0.05, 0) is 31.4 Å². The van der Waals surface area contributed by atoms with Gasteiger partial charge in [-0.25, -0.2) is 4.98 Å². The van der Waals surface area contributed by atoms with E-state index in [9.17, 15) is 4.79 Å². The maximum atomic E-state index is 11.2. The molecular weight excluding hydrogens is 250 g/mol. The van der Waals surface area contributed by atoms with E-state index >= 15 is 0 Å². The number of pyridine rings is 1. The quantitative estimate of drug-likeness (QED) is 0.838. The van der Waals surface area contributed by atoms with Crippen molar-refractivity contribution < 1.29 is 4.79 Å². The monoisotopic (exact) mass is 267 g/mol. The minimum Gasteiger partial charge on any atom is -0.379 e. The van der Waals surface area contributed by atoms with Crippen LogP contribution in [0, 0.1) is 6.92 Å². The normalized spacial score (nSPS) is 16.7. The molecule has 2 heterocycles. The van der Waals surface area contributed by atoms with E-state index in [0.717, 1.165) is 37.2 Å². The van der Waals surface area contributed by atoms with E-state index in [1.165, 1.54) is 0 Å². The summed E-state index contributed by atoms with van der Waals surface area (Å²) < 4.78 is 0. The molecule has 0 atom stereocenters. The molecule has 1 saturated heterocycles. The molecule has 5 heteroatoms. The van der Waals surface area contributed by atoms with Crippen LogP contribution in [0.2, 0.25) is 5.15 Å². The molecule has 18 heavy (non-hydrogen) atoms. The van der Waals surface area contributed by atoms with Gasteiger partial charge < -0.3 is 10.2 Å². The number of hydrogen-bond acceptors (Lipinski definition) is 3. The first-order chi connectivity index (χ1) is 8.58. The summed E-state index contributed by atoms with van der Waals surface area (Å²) in [7, 11) is 0. The largest absolute Gasteiger partial charge is 0.379 e. The summed E-state index contributed by atoms with van der Waals surface area (Å²) in [6.07, 6.45) is 3.61. The zero-order valence-corrected chi connectivity index (χ0v) is 11.5. The maximum Gasteiger partial charge on any atom is 0.219 e. The highest BCUT2D eigenvalue weighted by Crippen LogP contribution is 2.25. The van der Waals surface area contributed by atoms with Crippen LogP contribution in [0.3, 0.4) is 0 Å². The lowest BCUT2D eigenvalue weighted by Gasteiger charge is -2.32. The number of nitrogens with zero attached hydrogens (tertiary/aromatic N) is 2. The number of carbonyl (C=O) groups is 1. The van der Waals surface area contributed by atoms with Crippen molar-refractivity contribution in [1.82, 2.24) is 9.88 Å². The lowest BCUT2D eigenvalue weighted by atomic mass is 10.0. The number of amides is 1. The molecule has 0 aliphatic carbocycles. The van der Waals surface area contributed by atoms with E-state index in [1.54, 1.807) is 13.1 Å². The molecule has 0 unspecified atom stereocenters. The third-order valence-electron chi connectivity index (χ3n) is 3.40. The molecule has 1 fully saturated rings. The fourth-order valence-corrected chi connectivity index (χ4v) is 2.50. The summed E-state index contributed by atoms with van der Waals surface area (Å²) in [6.45, 7) is 5.25. The lowest BCUT2D eigenvalue weighted by Crippen LogP contribution is -2.41. The van der Waals surface area contributed by atoms with Gasteiger partial charge in [0, 0.05) is 32.3 Å². The highest BCUT2D eigenvalue weighted by molar-refractivity contribution is 6.32. The van der Waals surface area contributed by atoms with E-state index in [1.807, 2.05) is 17.9 Å². The van der Waals surface area contributed by atoms with Crippen molar-refractivity contribution in [3.63, 3.8) is 0 Å². The maximum absolute atomic E-state index is 11.2. The minimum absolute atomic E-state index is 0.157. The van der Waals surface area contributed by atoms with Crippen molar-refractivity contribution in [1.29, 1.82) is 0 Å². The molecule has 1 amide bonds. The van der Waals surface area contributed by atoms with Crippen molar-refractivity contribution >= 4 is 23.2 Å². The highest BCUT2D eigenvalue weighted by Gasteiger charge is 2.21. The molecule has 1 aromatic heterocycles. The molecular formula is C13H18ClN3O. The number of aromatic nitrogens is 1. The number of anilines is 1. The lowest BCUT2D eigenvalue weighted by molar-refractivity contribution is -0.129. The van der Waals surface area contributed by atoms with E-state index in [4.69, 9.17) is 11.6 Å². The Kier molecular flexibility index (Phi) is 4.07. The Labute approximate surface area is 112 Å². The van der Waals surface area contributed by atoms with Crippen molar-refractivity contribution in [3.05, 3.63) is 23.0 Å². The molecule has 4 nitrogen and oxygen atoms in total. The molecule has 2 rings (SSSR count). The van der Waals surface area contributed by atoms with Gasteiger partial charge in [0.2, 0.25) is 5.91 Å². The second-order valence-electron chi connectivity index (χ2n) is 4.72. The molecule has 0 aromatic carbocycles. The topological polar surface area (TPSA) is 45.2 Å². The van der Waals surface area contributed by atoms with Crippen LogP contribution < -0.4 is 5.32 Å². The third-order valence-corrected chi connectivity index (χ3v) is 3.69. The van der Waals surface area contributed by atoms with E-state index in [-0.39, 0.29) is 5.91 Å². The fourth-order valence-electron chi connectivity index (χ4n) is 2.24. The second-order valence-corrected chi connectivity index (χ2v) is 5.08. The number of nitrogens with one attached hydrogen (secondary N) is 1. The summed E-state index contributed by atoms with van der Waals surface area (Å²) in [5.41, 5.74) is 2.02. The van der Waals surface area contributed by atoms with E-state index in [0.29, 0.717) is 11.2 Å². The van der Waals surface area contributed by atoms with Gasteiger partial charge in [-0.1, -0.05) is 11.6 Å². The molecule has 98 valence electrons. The van der Waals surface area contributed by atoms with Crippen LogP contribution in [0.5, 0.6) is 0 Å². The Morgan fingerprint density at radius 1 is 1.50 bits per heavy atom. The van der Waals surface area contributed by atoms with Gasteiger partial charge in [-0.2, -0.15) is 0 Å². The average molecular weight is 268 g/mol. The first-order valence-corrected chi connectivity index (χ1v) is 6.59. The van der Waals surface area contributed by atoms with Gasteiger partial charge in [0.25, 0.3) is 0 Å². The average Bonchev–Trinajstić information content (AvgIpc) is 2.34. The van der Waals surface area contributed by atoms with Crippen LogP contribution in [0.25, 0.3) is 0 Å². The SMILES string of the molecule is CC(=O)N1CCC(Nc2c(C)ccnc2Cl)CC1. The highest BCUT2D eigenvalue weighted by atomic mass is 35.5. The Morgan fingerprint density at radius 3 is 2.72 bits per heavy atom. The molecule has 1 aromatic rings. The summed E-state index contributed by atoms with van der Waals surface area (Å²) in [5.74, 6) is 0.157. The second kappa shape index (κ2) is 5.57. The fraction of sp³-hybridized carbons (Fsp3) is 0.538. The predicted molar refractivity (Wildman–Crippen MR) is 72.9 cm³/mol. The van der Waals surface area contributed by atoms with Gasteiger partial charge in [0.05, 0.1) is 5.69 Å². The Balaban J connectivity index is 1.98. The summed E-state index contributed by atoms with van der Waals surface area (Å²) >= 11 is 6.09. The van der Waals surface area contributed by atoms with Gasteiger partial charge in [0.15, 0.2) is 5.15 Å². The van der Waals surface area contributed by atoms with Crippen molar-refractivity contribution in [2.75, 3.05) is 18.4 Å². The van der Waals surface area contributed by atoms with E-state index in [2.05, 4.69) is 10.3 Å². The Morgan fingerprint density at radius 2 is 2.17 bits per heavy atom. The number of hydrogen-bond donors (Lipinski definition) is 1. The van der Waals surface area contributed by atoms with Gasteiger partial charge in [0.1, 0.15) is 0 Å². The molecule has 0 radical (unpaired) electrons. The first kappa shape index (κ1) is 13.1. The predicted octanol–water partition coefficient (Wildman–Crippen LogP) is 2.47. The molecule has 0 spiro atoms. The van der Waals surface area contributed by atoms with Crippen LogP contribution in [0.1, 0.15) is 25.3 Å². The zero-order valence-electron chi connectivity index (χ0n) is 10.7. The van der Waals surface area contributed by atoms with Crippen LogP contribution >= 0.6 is 11.6 Å². The molecule has 1 aliphatic heterocycles. The van der Waals surface area contributed by atoms with Gasteiger partial charge in [-0.15, -0.1) is 0 Å². The minimum atomic E-state index is 0.157. The summed E-state index contributed by atoms with van der Waals surface area (Å²) in [6, 6.07) is 2.31. The first-order valence-electron chi connectivity index (χ1n) is 6.21. The molecule has 0 bridgehead atoms. The Hall–Kier alpha value is -1.29. The van der Waals surface area contributed by atoms with Gasteiger partial charge in [-0.3, -0.25) is 4.79 Å². The smallest absolute Gasteiger partial charge is 0.219 e. The van der Waals surface area contributed by atoms with Crippen LogP contribution in [0.15, 0.2) is 12.3 Å². The van der Waals surface area contributed by atoms with E-state index < -0.39 is 0 Å². The zero-order chi connectivity index (χ0) is 13.1. The summed E-state index contributed by atoms with van der Waals surface area (Å²) in [4.78, 5) is 17.2. The van der Waals surface area contributed by atoms with Crippen molar-refractivity contribution in [2.24, 2.45) is 0 Å². The number of likely N-dealkylation sites (tertiary alicyclic amines) is 1. The summed E-state index contributed by atoms with van der Waals surface area (Å²) in [5, 5.41) is 3.96. The molecule has 0 saturated carbocycles. The van der Waals surface area contributed by atoms with Crippen molar-refractivity contribution in [2.45, 2.75) is 32.7 Å². The van der Waals surface area contributed by atoms with Crippen molar-refractivity contribution in [3.8, 4) is 0 Å². The molecule has 1 N–H and O–H groups in total. The standard InChI is InChI=1S/C13H18ClN3O/c1-9-3-6-15-13(14)12(9)16-11-4-7-17(8-5-11)10(2)18/h3,6,11,16H,4-5,7-8H2,1-2H3. The third kappa shape index (κ3) is 2.93. The number of piperidine rings is 1. The number of aryl methyl sites for hydroxylation is 1. The van der Waals surface area contributed by atoms with Gasteiger partial charge >= 0.3 is 0 Å². The number of halogens is 1. The van der Waals surface area contributed by atoms with Crippen LogP contribution in [-0.2, 0) is 4.79 Å². The number of rotatable bonds is 2. The van der Waals surface area contributed by atoms with Crippen LogP contribution in [0.4, 0.5) is 5.69 Å². The van der Waals surface area contributed by atoms with Crippen LogP contribution in [-0.4, -0.2) is 34.9 Å².